The lowest BCUT2D eigenvalue weighted by Crippen LogP contribution is -2.34. The number of rotatable bonds is 3. The fraction of sp³-hybridized carbons (Fsp3) is 1.00. The van der Waals surface area contributed by atoms with E-state index < -0.39 is 0 Å². The zero-order chi connectivity index (χ0) is 11.5. The molecule has 94 valence electrons. The Labute approximate surface area is 101 Å². The zero-order valence-corrected chi connectivity index (χ0v) is 11.0. The third-order valence-corrected chi connectivity index (χ3v) is 4.75. The van der Waals surface area contributed by atoms with Crippen molar-refractivity contribution in [3.8, 4) is 0 Å². The summed E-state index contributed by atoms with van der Waals surface area (Å²) < 4.78 is 0. The molecule has 16 heavy (non-hydrogen) atoms. The molecule has 0 spiro atoms. The molecule has 0 amide bonds. The summed E-state index contributed by atoms with van der Waals surface area (Å²) in [7, 11) is 0. The van der Waals surface area contributed by atoms with E-state index in [0.717, 1.165) is 30.3 Å². The maximum atomic E-state index is 5.78. The molecule has 2 N–H and O–H groups in total. The summed E-state index contributed by atoms with van der Waals surface area (Å²) in [6, 6.07) is 0.771. The molecule has 2 atom stereocenters. The summed E-state index contributed by atoms with van der Waals surface area (Å²) in [6.07, 6.45) is 7.13. The van der Waals surface area contributed by atoms with Gasteiger partial charge in [0.1, 0.15) is 0 Å². The van der Waals surface area contributed by atoms with E-state index in [0.29, 0.717) is 0 Å². The molecule has 1 heterocycles. The molecule has 2 rings (SSSR count). The predicted molar refractivity (Wildman–Crippen MR) is 69.3 cm³/mol. The van der Waals surface area contributed by atoms with Gasteiger partial charge in [0.25, 0.3) is 0 Å². The number of likely N-dealkylation sites (tertiary alicyclic amines) is 1. The summed E-state index contributed by atoms with van der Waals surface area (Å²) in [5.74, 6) is 2.71. The van der Waals surface area contributed by atoms with Gasteiger partial charge in [-0.05, 0) is 50.5 Å². The van der Waals surface area contributed by atoms with Crippen molar-refractivity contribution in [2.24, 2.45) is 23.5 Å². The molecule has 2 unspecified atom stereocenters. The lowest BCUT2D eigenvalue weighted by atomic mass is 9.83. The molecule has 1 saturated carbocycles. The predicted octanol–water partition coefficient (Wildman–Crippen LogP) is 2.48. The molecule has 2 heteroatoms. The normalized spacial score (nSPS) is 41.4. The lowest BCUT2D eigenvalue weighted by molar-refractivity contribution is 0.178. The van der Waals surface area contributed by atoms with Gasteiger partial charge < -0.3 is 10.6 Å². The number of nitrogens with two attached hydrogens (primary N) is 1. The van der Waals surface area contributed by atoms with Crippen LogP contribution < -0.4 is 5.73 Å². The third-order valence-electron chi connectivity index (χ3n) is 4.75. The summed E-state index contributed by atoms with van der Waals surface area (Å²) in [5, 5.41) is 0. The van der Waals surface area contributed by atoms with Gasteiger partial charge in [0.15, 0.2) is 0 Å². The van der Waals surface area contributed by atoms with E-state index in [1.165, 1.54) is 45.2 Å². The van der Waals surface area contributed by atoms with Crippen molar-refractivity contribution in [3.63, 3.8) is 0 Å². The zero-order valence-electron chi connectivity index (χ0n) is 11.0. The van der Waals surface area contributed by atoms with E-state index in [1.54, 1.807) is 0 Å². The molecule has 1 aliphatic carbocycles. The van der Waals surface area contributed by atoms with Gasteiger partial charge in [-0.3, -0.25) is 0 Å². The van der Waals surface area contributed by atoms with Crippen molar-refractivity contribution in [1.82, 2.24) is 4.90 Å². The van der Waals surface area contributed by atoms with E-state index >= 15 is 0 Å². The van der Waals surface area contributed by atoms with E-state index in [1.807, 2.05) is 0 Å². The largest absolute Gasteiger partial charge is 0.330 e. The summed E-state index contributed by atoms with van der Waals surface area (Å²) >= 11 is 0. The molecule has 0 aromatic heterocycles. The number of hydrogen-bond donors (Lipinski definition) is 1. The van der Waals surface area contributed by atoms with Crippen molar-refractivity contribution < 1.29 is 0 Å². The number of hydrogen-bond acceptors (Lipinski definition) is 2. The summed E-state index contributed by atoms with van der Waals surface area (Å²) in [6.45, 7) is 8.25. The van der Waals surface area contributed by atoms with Crippen LogP contribution in [0.25, 0.3) is 0 Å². The van der Waals surface area contributed by atoms with Crippen LogP contribution in [-0.2, 0) is 0 Å². The topological polar surface area (TPSA) is 29.3 Å². The first-order valence-electron chi connectivity index (χ1n) is 7.13. The van der Waals surface area contributed by atoms with Crippen molar-refractivity contribution in [3.05, 3.63) is 0 Å². The highest BCUT2D eigenvalue weighted by Gasteiger charge is 2.30. The van der Waals surface area contributed by atoms with E-state index in [4.69, 9.17) is 5.73 Å². The van der Waals surface area contributed by atoms with Crippen molar-refractivity contribution >= 4 is 0 Å². The van der Waals surface area contributed by atoms with Gasteiger partial charge in [-0.25, -0.2) is 0 Å². The van der Waals surface area contributed by atoms with E-state index in [-0.39, 0.29) is 0 Å². The van der Waals surface area contributed by atoms with Crippen LogP contribution in [0.15, 0.2) is 0 Å². The van der Waals surface area contributed by atoms with Gasteiger partial charge in [0, 0.05) is 19.1 Å². The smallest absolute Gasteiger partial charge is 0.00707 e. The second-order valence-corrected chi connectivity index (χ2v) is 6.27. The quantitative estimate of drug-likeness (QED) is 0.798. The van der Waals surface area contributed by atoms with Crippen LogP contribution in [0.5, 0.6) is 0 Å². The fourth-order valence-electron chi connectivity index (χ4n) is 3.49. The van der Waals surface area contributed by atoms with Gasteiger partial charge in [0.2, 0.25) is 0 Å². The molecular formula is C14H28N2. The van der Waals surface area contributed by atoms with Crippen LogP contribution in [0.2, 0.25) is 0 Å². The summed E-state index contributed by atoms with van der Waals surface area (Å²) in [4.78, 5) is 2.69. The second kappa shape index (κ2) is 5.50. The Kier molecular flexibility index (Phi) is 4.26. The van der Waals surface area contributed by atoms with Gasteiger partial charge in [-0.2, -0.15) is 0 Å². The van der Waals surface area contributed by atoms with Gasteiger partial charge in [0.05, 0.1) is 0 Å². The maximum Gasteiger partial charge on any atom is 0.00707 e. The molecule has 1 aliphatic heterocycles. The Hall–Kier alpha value is -0.0800. The molecule has 1 saturated heterocycles. The summed E-state index contributed by atoms with van der Waals surface area (Å²) in [5.41, 5.74) is 5.78. The second-order valence-electron chi connectivity index (χ2n) is 6.27. The molecule has 0 bridgehead atoms. The molecule has 0 aromatic rings. The van der Waals surface area contributed by atoms with Crippen molar-refractivity contribution in [1.29, 1.82) is 0 Å². The average Bonchev–Trinajstić information content (AvgIpc) is 2.63. The van der Waals surface area contributed by atoms with E-state index in [9.17, 15) is 0 Å². The van der Waals surface area contributed by atoms with Crippen LogP contribution in [0.1, 0.15) is 46.0 Å². The van der Waals surface area contributed by atoms with Crippen LogP contribution in [0.3, 0.4) is 0 Å². The Bertz CT molecular complexity index is 209. The molecule has 2 nitrogen and oxygen atoms in total. The van der Waals surface area contributed by atoms with E-state index in [2.05, 4.69) is 18.7 Å². The van der Waals surface area contributed by atoms with Crippen LogP contribution in [-0.4, -0.2) is 30.6 Å². The maximum absolute atomic E-state index is 5.78. The molecule has 0 radical (unpaired) electrons. The first-order chi connectivity index (χ1) is 7.69. The average molecular weight is 224 g/mol. The number of nitrogens with zero attached hydrogens (tertiary/aromatic N) is 1. The lowest BCUT2D eigenvalue weighted by Gasteiger charge is -2.31. The van der Waals surface area contributed by atoms with Gasteiger partial charge in [-0.15, -0.1) is 0 Å². The Morgan fingerprint density at radius 3 is 2.31 bits per heavy atom. The van der Waals surface area contributed by atoms with Crippen LogP contribution >= 0.6 is 0 Å². The highest BCUT2D eigenvalue weighted by molar-refractivity contribution is 4.85. The standard InChI is InChI=1S/C14H28N2/c1-11-3-5-13(6-4-11)9-16-10-14(8-15)7-12(16)2/h11-14H,3-10,15H2,1-2H3. The van der Waals surface area contributed by atoms with Crippen molar-refractivity contribution in [2.75, 3.05) is 19.6 Å². The Morgan fingerprint density at radius 1 is 1.06 bits per heavy atom. The molecular weight excluding hydrogens is 196 g/mol. The third kappa shape index (κ3) is 2.98. The molecule has 2 aliphatic rings. The van der Waals surface area contributed by atoms with Crippen molar-refractivity contribution in [2.45, 2.75) is 52.0 Å². The minimum atomic E-state index is 0.762. The monoisotopic (exact) mass is 224 g/mol. The van der Waals surface area contributed by atoms with Gasteiger partial charge in [-0.1, -0.05) is 19.8 Å². The molecule has 0 aromatic carbocycles. The first-order valence-corrected chi connectivity index (χ1v) is 7.13. The minimum Gasteiger partial charge on any atom is -0.330 e. The highest BCUT2D eigenvalue weighted by Crippen LogP contribution is 2.31. The van der Waals surface area contributed by atoms with Gasteiger partial charge >= 0.3 is 0 Å². The minimum absolute atomic E-state index is 0.762. The SMILES string of the molecule is CC1CCC(CN2CC(CN)CC2C)CC1. The van der Waals surface area contributed by atoms with Crippen LogP contribution in [0.4, 0.5) is 0 Å². The Morgan fingerprint density at radius 2 is 1.75 bits per heavy atom. The molecule has 2 fully saturated rings. The fourth-order valence-corrected chi connectivity index (χ4v) is 3.49. The Balaban J connectivity index is 1.77. The van der Waals surface area contributed by atoms with Crippen LogP contribution in [0, 0.1) is 17.8 Å². The first kappa shape index (κ1) is 12.4. The highest BCUT2D eigenvalue weighted by atomic mass is 15.2.